The first kappa shape index (κ1) is 19.3. The molecule has 29 heavy (non-hydrogen) atoms. The minimum atomic E-state index is -3.16. The summed E-state index contributed by atoms with van der Waals surface area (Å²) in [6.45, 7) is 0. The van der Waals surface area contributed by atoms with Gasteiger partial charge in [-0.05, 0) is 54.1 Å². The number of carbonyl (C=O) groups excluding carboxylic acids is 1. The summed E-state index contributed by atoms with van der Waals surface area (Å²) in [6.07, 6.45) is 1.17. The fourth-order valence-corrected chi connectivity index (χ4v) is 4.76. The first-order valence-electron chi connectivity index (χ1n) is 8.91. The Hall–Kier alpha value is -3.03. The molecule has 0 aliphatic rings. The van der Waals surface area contributed by atoms with Gasteiger partial charge in [-0.1, -0.05) is 24.3 Å². The normalized spacial score (nSPS) is 11.5. The molecule has 0 saturated heterocycles. The number of hydrogen-bond donors (Lipinski definition) is 1. The number of nitrogens with zero attached hydrogens (tertiary/aromatic N) is 1. The van der Waals surface area contributed by atoms with Gasteiger partial charge >= 0.3 is 0 Å². The molecule has 146 valence electrons. The summed E-state index contributed by atoms with van der Waals surface area (Å²) in [5.74, 6) is -0.376. The fourth-order valence-electron chi connectivity index (χ4n) is 3.00. The lowest BCUT2D eigenvalue weighted by molar-refractivity contribution is 0.102. The van der Waals surface area contributed by atoms with E-state index in [0.717, 1.165) is 20.8 Å². The van der Waals surface area contributed by atoms with E-state index in [4.69, 9.17) is 0 Å². The van der Waals surface area contributed by atoms with Crippen LogP contribution in [0, 0.1) is 0 Å². The molecule has 0 saturated carbocycles. The zero-order valence-electron chi connectivity index (χ0n) is 15.6. The van der Waals surface area contributed by atoms with Crippen LogP contribution in [0.5, 0.6) is 0 Å². The van der Waals surface area contributed by atoms with E-state index in [1.807, 2.05) is 48.5 Å². The Bertz CT molecular complexity index is 1260. The summed E-state index contributed by atoms with van der Waals surface area (Å²) in [4.78, 5) is 17.2. The summed E-state index contributed by atoms with van der Waals surface area (Å²) >= 11 is 1.63. The third-order valence-corrected chi connectivity index (χ3v) is 6.24. The third-order valence-electron chi connectivity index (χ3n) is 4.30. The fraction of sp³-hybridized carbons (Fsp3) is 0.0909. The van der Waals surface area contributed by atoms with Crippen LogP contribution in [0.2, 0.25) is 0 Å². The maximum atomic E-state index is 12.5. The molecule has 4 aromatic rings. The summed E-state index contributed by atoms with van der Waals surface area (Å²) in [6, 6.07) is 22.2. The van der Waals surface area contributed by atoms with E-state index < -0.39 is 9.84 Å². The minimum absolute atomic E-state index is 0.0923. The Morgan fingerprint density at radius 3 is 2.48 bits per heavy atom. The molecule has 3 aromatic carbocycles. The number of fused-ring (bicyclic) bond motifs is 1. The summed E-state index contributed by atoms with van der Waals surface area (Å²) in [7, 11) is -3.16. The number of para-hydroxylation sites is 1. The van der Waals surface area contributed by atoms with E-state index in [9.17, 15) is 13.2 Å². The van der Waals surface area contributed by atoms with E-state index in [2.05, 4.69) is 10.3 Å². The van der Waals surface area contributed by atoms with Crippen LogP contribution in [0.3, 0.4) is 0 Å². The number of aromatic nitrogens is 1. The number of rotatable bonds is 5. The lowest BCUT2D eigenvalue weighted by Crippen LogP contribution is -2.12. The van der Waals surface area contributed by atoms with Gasteiger partial charge in [0, 0.05) is 23.1 Å². The molecule has 1 amide bonds. The van der Waals surface area contributed by atoms with Crippen LogP contribution < -0.4 is 5.32 Å². The minimum Gasteiger partial charge on any atom is -0.322 e. The molecule has 5 nitrogen and oxygen atoms in total. The molecule has 1 N–H and O–H groups in total. The van der Waals surface area contributed by atoms with Crippen molar-refractivity contribution in [2.45, 2.75) is 5.75 Å². The molecule has 0 radical (unpaired) electrons. The number of carbonyl (C=O) groups is 1. The Kier molecular flexibility index (Phi) is 5.17. The molecule has 0 fully saturated rings. The van der Waals surface area contributed by atoms with Crippen molar-refractivity contribution in [3.8, 4) is 10.6 Å². The van der Waals surface area contributed by atoms with Crippen molar-refractivity contribution < 1.29 is 13.2 Å². The average molecular weight is 423 g/mol. The standard InChI is InChI=1S/C22H18N2O3S2/c1-29(26,27)14-15-5-4-6-17(13-15)21(25)23-18-11-9-16(10-12-18)22-24-19-7-2-3-8-20(19)28-22/h2-13H,14H2,1H3,(H,23,25). The number of nitrogens with one attached hydrogen (secondary N) is 1. The largest absolute Gasteiger partial charge is 0.322 e. The molecule has 1 heterocycles. The molecule has 0 bridgehead atoms. The third kappa shape index (κ3) is 4.70. The highest BCUT2D eigenvalue weighted by Crippen LogP contribution is 2.30. The lowest BCUT2D eigenvalue weighted by atomic mass is 10.1. The van der Waals surface area contributed by atoms with E-state index in [1.54, 1.807) is 35.6 Å². The number of hydrogen-bond acceptors (Lipinski definition) is 5. The van der Waals surface area contributed by atoms with E-state index >= 15 is 0 Å². The Labute approximate surface area is 173 Å². The molecule has 4 rings (SSSR count). The monoisotopic (exact) mass is 422 g/mol. The second-order valence-electron chi connectivity index (χ2n) is 6.79. The second kappa shape index (κ2) is 7.77. The van der Waals surface area contributed by atoms with Crippen molar-refractivity contribution in [3.05, 3.63) is 83.9 Å². The van der Waals surface area contributed by atoms with Crippen molar-refractivity contribution >= 4 is 43.0 Å². The van der Waals surface area contributed by atoms with Crippen molar-refractivity contribution in [1.82, 2.24) is 4.98 Å². The molecular formula is C22H18N2O3S2. The van der Waals surface area contributed by atoms with Gasteiger partial charge < -0.3 is 5.32 Å². The number of amides is 1. The Morgan fingerprint density at radius 1 is 1.00 bits per heavy atom. The van der Waals surface area contributed by atoms with E-state index in [0.29, 0.717) is 16.8 Å². The Balaban J connectivity index is 1.50. The Morgan fingerprint density at radius 2 is 1.76 bits per heavy atom. The quantitative estimate of drug-likeness (QED) is 0.503. The van der Waals surface area contributed by atoms with Gasteiger partial charge in [-0.2, -0.15) is 0 Å². The van der Waals surface area contributed by atoms with Crippen LogP contribution in [0.15, 0.2) is 72.8 Å². The topological polar surface area (TPSA) is 76.1 Å². The predicted molar refractivity (Wildman–Crippen MR) is 118 cm³/mol. The van der Waals surface area contributed by atoms with Gasteiger partial charge in [0.05, 0.1) is 16.0 Å². The van der Waals surface area contributed by atoms with Gasteiger partial charge in [-0.3, -0.25) is 4.79 Å². The summed E-state index contributed by atoms with van der Waals surface area (Å²) in [5.41, 5.74) is 3.62. The van der Waals surface area contributed by atoms with Crippen LogP contribution in [-0.2, 0) is 15.6 Å². The number of anilines is 1. The van der Waals surface area contributed by atoms with Gasteiger partial charge in [-0.15, -0.1) is 11.3 Å². The van der Waals surface area contributed by atoms with Crippen LogP contribution in [0.1, 0.15) is 15.9 Å². The van der Waals surface area contributed by atoms with E-state index in [-0.39, 0.29) is 11.7 Å². The number of sulfone groups is 1. The molecule has 0 aliphatic heterocycles. The maximum absolute atomic E-state index is 12.5. The summed E-state index contributed by atoms with van der Waals surface area (Å²) < 4.78 is 24.1. The lowest BCUT2D eigenvalue weighted by Gasteiger charge is -2.07. The van der Waals surface area contributed by atoms with Gasteiger partial charge in [0.25, 0.3) is 5.91 Å². The van der Waals surface area contributed by atoms with Crippen LogP contribution in [0.4, 0.5) is 5.69 Å². The highest BCUT2D eigenvalue weighted by atomic mass is 32.2. The number of thiazole rings is 1. The van der Waals surface area contributed by atoms with Crippen LogP contribution in [0.25, 0.3) is 20.8 Å². The van der Waals surface area contributed by atoms with Crippen molar-refractivity contribution in [2.24, 2.45) is 0 Å². The highest BCUT2D eigenvalue weighted by molar-refractivity contribution is 7.89. The number of benzene rings is 3. The van der Waals surface area contributed by atoms with Crippen LogP contribution >= 0.6 is 11.3 Å². The summed E-state index contributed by atoms with van der Waals surface area (Å²) in [5, 5.41) is 3.78. The van der Waals surface area contributed by atoms with Crippen LogP contribution in [-0.4, -0.2) is 25.6 Å². The first-order chi connectivity index (χ1) is 13.9. The molecule has 0 unspecified atom stereocenters. The van der Waals surface area contributed by atoms with Crippen molar-refractivity contribution in [2.75, 3.05) is 11.6 Å². The van der Waals surface area contributed by atoms with Gasteiger partial charge in [0.2, 0.25) is 0 Å². The average Bonchev–Trinajstić information content (AvgIpc) is 3.11. The van der Waals surface area contributed by atoms with Crippen molar-refractivity contribution in [3.63, 3.8) is 0 Å². The smallest absolute Gasteiger partial charge is 0.255 e. The molecule has 7 heteroatoms. The SMILES string of the molecule is CS(=O)(=O)Cc1cccc(C(=O)Nc2ccc(-c3nc4ccccc4s3)cc2)c1. The van der Waals surface area contributed by atoms with Crippen molar-refractivity contribution in [1.29, 1.82) is 0 Å². The molecule has 0 spiro atoms. The highest BCUT2D eigenvalue weighted by Gasteiger charge is 2.11. The van der Waals surface area contributed by atoms with Gasteiger partial charge in [0.1, 0.15) is 5.01 Å². The van der Waals surface area contributed by atoms with E-state index in [1.165, 1.54) is 6.26 Å². The molecular weight excluding hydrogens is 404 g/mol. The van der Waals surface area contributed by atoms with Gasteiger partial charge in [-0.25, -0.2) is 13.4 Å². The zero-order valence-corrected chi connectivity index (χ0v) is 17.3. The molecule has 0 atom stereocenters. The first-order valence-corrected chi connectivity index (χ1v) is 11.8. The predicted octanol–water partition coefficient (Wildman–Crippen LogP) is 4.76. The molecule has 0 aliphatic carbocycles. The zero-order chi connectivity index (χ0) is 20.4. The second-order valence-corrected chi connectivity index (χ2v) is 9.96. The maximum Gasteiger partial charge on any atom is 0.255 e. The van der Waals surface area contributed by atoms with Gasteiger partial charge in [0.15, 0.2) is 9.84 Å². The molecule has 1 aromatic heterocycles.